The van der Waals surface area contributed by atoms with Crippen LogP contribution in [0.15, 0.2) is 56.6 Å². The number of benzene rings is 2. The minimum Gasteiger partial charge on any atom is -0.483 e. The van der Waals surface area contributed by atoms with Crippen LogP contribution in [0.2, 0.25) is 0 Å². The maximum atomic E-state index is 12.2. The van der Waals surface area contributed by atoms with Crippen molar-refractivity contribution in [1.82, 2.24) is 0 Å². The zero-order valence-electron chi connectivity index (χ0n) is 15.6. The molecule has 0 atom stereocenters. The zero-order chi connectivity index (χ0) is 20.5. The van der Waals surface area contributed by atoms with E-state index in [2.05, 4.69) is 5.32 Å². The second kappa shape index (κ2) is 7.47. The Labute approximate surface area is 161 Å². The molecule has 0 bridgehead atoms. The van der Waals surface area contributed by atoms with Crippen molar-refractivity contribution in [3.8, 4) is 5.75 Å². The van der Waals surface area contributed by atoms with Crippen LogP contribution in [0.3, 0.4) is 0 Å². The molecule has 1 N–H and O–H groups in total. The number of nitrogens with one attached hydrogen (secondary N) is 1. The molecule has 1 amide bonds. The Bertz CT molecular complexity index is 1230. The van der Waals surface area contributed by atoms with Gasteiger partial charge in [-0.1, -0.05) is 12.1 Å². The Morgan fingerprint density at radius 1 is 1.14 bits per heavy atom. The fourth-order valence-corrected chi connectivity index (χ4v) is 3.72. The topological polar surface area (TPSA) is 103 Å². The quantitative estimate of drug-likeness (QED) is 0.660. The van der Waals surface area contributed by atoms with Crippen LogP contribution in [-0.4, -0.2) is 27.2 Å². The van der Waals surface area contributed by atoms with E-state index in [9.17, 15) is 18.0 Å². The maximum absolute atomic E-state index is 12.2. The lowest BCUT2D eigenvalue weighted by Gasteiger charge is -2.13. The highest BCUT2D eigenvalue weighted by Gasteiger charge is 2.16. The smallest absolute Gasteiger partial charge is 0.336 e. The zero-order valence-corrected chi connectivity index (χ0v) is 16.4. The number of anilines is 1. The molecule has 2 aromatic carbocycles. The summed E-state index contributed by atoms with van der Waals surface area (Å²) in [6.45, 7) is 3.21. The van der Waals surface area contributed by atoms with E-state index in [0.29, 0.717) is 16.9 Å². The molecule has 3 aromatic rings. The van der Waals surface area contributed by atoms with Crippen LogP contribution in [0.4, 0.5) is 5.69 Å². The van der Waals surface area contributed by atoms with Crippen LogP contribution >= 0.6 is 0 Å². The molecule has 0 spiro atoms. The molecule has 0 fully saturated rings. The van der Waals surface area contributed by atoms with Crippen molar-refractivity contribution >= 4 is 32.4 Å². The van der Waals surface area contributed by atoms with Crippen molar-refractivity contribution in [2.75, 3.05) is 18.2 Å². The molecular formula is C20H19NO6S. The number of hydrogen-bond donors (Lipinski definition) is 1. The Morgan fingerprint density at radius 2 is 1.86 bits per heavy atom. The highest BCUT2D eigenvalue weighted by molar-refractivity contribution is 7.90. The second-order valence-corrected chi connectivity index (χ2v) is 8.40. The van der Waals surface area contributed by atoms with Crippen molar-refractivity contribution in [3.63, 3.8) is 0 Å². The number of para-hydroxylation sites is 1. The van der Waals surface area contributed by atoms with Gasteiger partial charge < -0.3 is 14.5 Å². The van der Waals surface area contributed by atoms with Crippen LogP contribution < -0.4 is 15.7 Å². The molecule has 28 heavy (non-hydrogen) atoms. The van der Waals surface area contributed by atoms with Gasteiger partial charge in [0.25, 0.3) is 5.91 Å². The van der Waals surface area contributed by atoms with Gasteiger partial charge in [0.15, 0.2) is 16.4 Å². The molecule has 7 nitrogen and oxygen atoms in total. The lowest BCUT2D eigenvalue weighted by molar-refractivity contribution is -0.118. The number of rotatable bonds is 5. The van der Waals surface area contributed by atoms with E-state index < -0.39 is 21.4 Å². The monoisotopic (exact) mass is 401 g/mol. The second-order valence-electron chi connectivity index (χ2n) is 6.42. The van der Waals surface area contributed by atoms with Crippen LogP contribution in [0.5, 0.6) is 5.75 Å². The number of ether oxygens (including phenoxy) is 1. The summed E-state index contributed by atoms with van der Waals surface area (Å²) in [4.78, 5) is 23.9. The van der Waals surface area contributed by atoms with Gasteiger partial charge in [0.05, 0.1) is 10.6 Å². The van der Waals surface area contributed by atoms with Gasteiger partial charge in [-0.2, -0.15) is 0 Å². The van der Waals surface area contributed by atoms with Gasteiger partial charge in [-0.05, 0) is 43.7 Å². The van der Waals surface area contributed by atoms with E-state index in [1.165, 1.54) is 18.2 Å². The molecule has 0 saturated carbocycles. The standard InChI is InChI=1S/C20H19NO6S/c1-12-10-19(23)27-20-13(2)16(9-8-14(12)20)26-11-18(22)21-15-6-4-5-7-17(15)28(3,24)25/h4-10H,11H2,1-3H3,(H,21,22). The summed E-state index contributed by atoms with van der Waals surface area (Å²) in [6, 6.07) is 11.0. The average molecular weight is 401 g/mol. The van der Waals surface area contributed by atoms with E-state index in [0.717, 1.165) is 17.2 Å². The number of hydrogen-bond acceptors (Lipinski definition) is 6. The van der Waals surface area contributed by atoms with Gasteiger partial charge in [-0.25, -0.2) is 13.2 Å². The third kappa shape index (κ3) is 4.07. The van der Waals surface area contributed by atoms with Gasteiger partial charge in [-0.3, -0.25) is 4.79 Å². The molecule has 146 valence electrons. The largest absolute Gasteiger partial charge is 0.483 e. The fourth-order valence-electron chi connectivity index (χ4n) is 2.88. The first-order valence-corrected chi connectivity index (χ1v) is 10.3. The summed E-state index contributed by atoms with van der Waals surface area (Å²) < 4.78 is 34.5. The molecule has 1 heterocycles. The number of amides is 1. The van der Waals surface area contributed by atoms with Gasteiger partial charge in [0, 0.05) is 23.3 Å². The Morgan fingerprint density at radius 3 is 2.57 bits per heavy atom. The number of carbonyl (C=O) groups is 1. The van der Waals surface area contributed by atoms with Crippen LogP contribution in [-0.2, 0) is 14.6 Å². The molecule has 8 heteroatoms. The summed E-state index contributed by atoms with van der Waals surface area (Å²) in [5.74, 6) is -0.117. The Kier molecular flexibility index (Phi) is 5.24. The van der Waals surface area contributed by atoms with Crippen LogP contribution in [0, 0.1) is 13.8 Å². The molecule has 0 aliphatic carbocycles. The highest BCUT2D eigenvalue weighted by atomic mass is 32.2. The van der Waals surface area contributed by atoms with E-state index in [-0.39, 0.29) is 17.2 Å². The van der Waals surface area contributed by atoms with Gasteiger partial charge in [-0.15, -0.1) is 0 Å². The van der Waals surface area contributed by atoms with E-state index in [1.807, 2.05) is 6.92 Å². The maximum Gasteiger partial charge on any atom is 0.336 e. The van der Waals surface area contributed by atoms with Crippen molar-refractivity contribution < 1.29 is 22.4 Å². The summed E-state index contributed by atoms with van der Waals surface area (Å²) in [5, 5.41) is 3.33. The molecular weight excluding hydrogens is 382 g/mol. The summed E-state index contributed by atoms with van der Waals surface area (Å²) >= 11 is 0. The highest BCUT2D eigenvalue weighted by Crippen LogP contribution is 2.28. The van der Waals surface area contributed by atoms with E-state index in [4.69, 9.17) is 9.15 Å². The predicted octanol–water partition coefficient (Wildman–Crippen LogP) is 2.83. The number of fused-ring (bicyclic) bond motifs is 1. The van der Waals surface area contributed by atoms with Crippen molar-refractivity contribution in [2.24, 2.45) is 0 Å². The number of sulfone groups is 1. The molecule has 0 saturated heterocycles. The Hall–Kier alpha value is -3.13. The van der Waals surface area contributed by atoms with Gasteiger partial charge in [0.2, 0.25) is 0 Å². The first-order valence-electron chi connectivity index (χ1n) is 8.42. The molecule has 0 radical (unpaired) electrons. The molecule has 0 aliphatic rings. The minimum atomic E-state index is -3.48. The summed E-state index contributed by atoms with van der Waals surface area (Å²) in [6.07, 6.45) is 1.07. The third-order valence-corrected chi connectivity index (χ3v) is 5.39. The lowest BCUT2D eigenvalue weighted by atomic mass is 10.1. The first kappa shape index (κ1) is 19.6. The summed E-state index contributed by atoms with van der Waals surface area (Å²) in [5.41, 5.74) is 1.53. The van der Waals surface area contributed by atoms with Crippen molar-refractivity contribution in [3.05, 3.63) is 64.0 Å². The molecule has 3 rings (SSSR count). The first-order chi connectivity index (χ1) is 13.2. The van der Waals surface area contributed by atoms with Crippen LogP contribution in [0.25, 0.3) is 11.0 Å². The number of carbonyl (C=O) groups excluding carboxylic acids is 1. The predicted molar refractivity (Wildman–Crippen MR) is 106 cm³/mol. The normalized spacial score (nSPS) is 11.4. The minimum absolute atomic E-state index is 0.0301. The van der Waals surface area contributed by atoms with Crippen molar-refractivity contribution in [2.45, 2.75) is 18.7 Å². The van der Waals surface area contributed by atoms with Crippen molar-refractivity contribution in [1.29, 1.82) is 0 Å². The average Bonchev–Trinajstić information content (AvgIpc) is 2.61. The molecule has 0 aliphatic heterocycles. The summed E-state index contributed by atoms with van der Waals surface area (Å²) in [7, 11) is -3.48. The Balaban J connectivity index is 1.79. The van der Waals surface area contributed by atoms with Crippen LogP contribution in [0.1, 0.15) is 11.1 Å². The van der Waals surface area contributed by atoms with E-state index >= 15 is 0 Å². The molecule has 0 unspecified atom stereocenters. The van der Waals surface area contributed by atoms with Gasteiger partial charge >= 0.3 is 5.63 Å². The third-order valence-electron chi connectivity index (χ3n) is 4.24. The molecule has 1 aromatic heterocycles. The SMILES string of the molecule is Cc1cc(=O)oc2c(C)c(OCC(=O)Nc3ccccc3S(C)(=O)=O)ccc12. The number of aryl methyl sites for hydroxylation is 2. The fraction of sp³-hybridized carbons (Fsp3) is 0.200. The van der Waals surface area contributed by atoms with Gasteiger partial charge in [0.1, 0.15) is 11.3 Å². The van der Waals surface area contributed by atoms with E-state index in [1.54, 1.807) is 31.2 Å². The lowest BCUT2D eigenvalue weighted by Crippen LogP contribution is -2.21.